The van der Waals surface area contributed by atoms with Crippen molar-refractivity contribution >= 4 is 12.0 Å². The van der Waals surface area contributed by atoms with E-state index in [-0.39, 0.29) is 18.4 Å². The van der Waals surface area contributed by atoms with E-state index in [0.717, 1.165) is 31.8 Å². The van der Waals surface area contributed by atoms with E-state index in [1.165, 1.54) is 12.8 Å². The molecule has 1 saturated heterocycles. The second-order valence-corrected chi connectivity index (χ2v) is 5.58. The Hall–Kier alpha value is -1.26. The number of aliphatic carboxylic acids is 1. The van der Waals surface area contributed by atoms with E-state index in [0.29, 0.717) is 6.54 Å². The minimum Gasteiger partial charge on any atom is -0.481 e. The third-order valence-electron chi connectivity index (χ3n) is 3.84. The molecule has 2 atom stereocenters. The lowest BCUT2D eigenvalue weighted by atomic mass is 9.98. The van der Waals surface area contributed by atoms with Crippen molar-refractivity contribution in [3.05, 3.63) is 0 Å². The first-order valence-electron chi connectivity index (χ1n) is 7.27. The molecule has 1 aliphatic rings. The predicted molar refractivity (Wildman–Crippen MR) is 74.0 cm³/mol. The third-order valence-corrected chi connectivity index (χ3v) is 3.84. The Morgan fingerprint density at radius 1 is 1.37 bits per heavy atom. The maximum absolute atomic E-state index is 12.0. The summed E-state index contributed by atoms with van der Waals surface area (Å²) in [6, 6.07) is -0.0472. The molecule has 110 valence electrons. The first-order chi connectivity index (χ1) is 9.02. The highest BCUT2D eigenvalue weighted by atomic mass is 16.4. The molecule has 0 bridgehead atoms. The summed E-state index contributed by atoms with van der Waals surface area (Å²) in [7, 11) is 0. The normalized spacial score (nSPS) is 21.6. The number of nitrogens with zero attached hydrogens (tertiary/aromatic N) is 1. The average molecular weight is 270 g/mol. The summed E-state index contributed by atoms with van der Waals surface area (Å²) in [4.78, 5) is 24.4. The molecule has 2 amide bonds. The zero-order valence-corrected chi connectivity index (χ0v) is 12.0. The van der Waals surface area contributed by atoms with Crippen LogP contribution in [0.15, 0.2) is 0 Å². The van der Waals surface area contributed by atoms with Crippen molar-refractivity contribution < 1.29 is 14.7 Å². The van der Waals surface area contributed by atoms with Crippen LogP contribution in [-0.2, 0) is 4.79 Å². The zero-order chi connectivity index (χ0) is 14.3. The smallest absolute Gasteiger partial charge is 0.317 e. The Bertz CT molecular complexity index is 307. The molecular weight excluding hydrogens is 244 g/mol. The van der Waals surface area contributed by atoms with Gasteiger partial charge < -0.3 is 15.3 Å². The molecule has 0 aliphatic carbocycles. The number of amides is 2. The number of carboxylic acids is 1. The van der Waals surface area contributed by atoms with Gasteiger partial charge in [0.25, 0.3) is 0 Å². The Morgan fingerprint density at radius 3 is 2.74 bits per heavy atom. The van der Waals surface area contributed by atoms with Gasteiger partial charge in [-0.25, -0.2) is 4.79 Å². The standard InChI is InChI=1S/C14H26N2O3/c1-3-12-5-4-7-16(8-6-12)14(19)15-10-11(2)9-13(17)18/h11-12H,3-10H2,1-2H3,(H,15,19)(H,17,18). The fraction of sp³-hybridized carbons (Fsp3) is 0.857. The van der Waals surface area contributed by atoms with E-state index in [1.54, 1.807) is 0 Å². The third kappa shape index (κ3) is 5.94. The fourth-order valence-electron chi connectivity index (χ4n) is 2.52. The van der Waals surface area contributed by atoms with Gasteiger partial charge in [0.15, 0.2) is 0 Å². The van der Waals surface area contributed by atoms with E-state index < -0.39 is 5.97 Å². The molecule has 1 rings (SSSR count). The largest absolute Gasteiger partial charge is 0.481 e. The van der Waals surface area contributed by atoms with E-state index in [4.69, 9.17) is 5.11 Å². The lowest BCUT2D eigenvalue weighted by Gasteiger charge is -2.22. The highest BCUT2D eigenvalue weighted by molar-refractivity contribution is 5.74. The summed E-state index contributed by atoms with van der Waals surface area (Å²) in [5.41, 5.74) is 0. The van der Waals surface area contributed by atoms with Crippen LogP contribution in [0.1, 0.15) is 46.0 Å². The lowest BCUT2D eigenvalue weighted by Crippen LogP contribution is -2.42. The molecule has 0 spiro atoms. The second kappa shape index (κ2) is 8.02. The van der Waals surface area contributed by atoms with Crippen molar-refractivity contribution in [1.82, 2.24) is 10.2 Å². The van der Waals surface area contributed by atoms with Crippen LogP contribution in [-0.4, -0.2) is 41.6 Å². The molecule has 0 aromatic heterocycles. The molecule has 0 aromatic rings. The number of nitrogens with one attached hydrogen (secondary N) is 1. The molecule has 0 aromatic carbocycles. The van der Waals surface area contributed by atoms with Gasteiger partial charge in [-0.15, -0.1) is 0 Å². The van der Waals surface area contributed by atoms with Gasteiger partial charge >= 0.3 is 12.0 Å². The topological polar surface area (TPSA) is 69.6 Å². The molecule has 1 aliphatic heterocycles. The van der Waals surface area contributed by atoms with Gasteiger partial charge in [0.05, 0.1) is 0 Å². The Morgan fingerprint density at radius 2 is 2.11 bits per heavy atom. The molecule has 1 heterocycles. The first-order valence-corrected chi connectivity index (χ1v) is 7.27. The van der Waals surface area contributed by atoms with E-state index in [9.17, 15) is 9.59 Å². The van der Waals surface area contributed by atoms with E-state index >= 15 is 0 Å². The molecule has 19 heavy (non-hydrogen) atoms. The number of carboxylic acid groups (broad SMARTS) is 1. The zero-order valence-electron chi connectivity index (χ0n) is 12.0. The maximum atomic E-state index is 12.0. The van der Waals surface area contributed by atoms with Crippen molar-refractivity contribution in [1.29, 1.82) is 0 Å². The number of hydrogen-bond acceptors (Lipinski definition) is 2. The quantitative estimate of drug-likeness (QED) is 0.805. The SMILES string of the molecule is CCC1CCCN(C(=O)NCC(C)CC(=O)O)CC1. The molecule has 2 unspecified atom stereocenters. The number of rotatable bonds is 5. The number of carbonyl (C=O) groups excluding carboxylic acids is 1. The van der Waals surface area contributed by atoms with Gasteiger partial charge in [-0.2, -0.15) is 0 Å². The summed E-state index contributed by atoms with van der Waals surface area (Å²) in [5, 5.41) is 11.5. The second-order valence-electron chi connectivity index (χ2n) is 5.58. The summed E-state index contributed by atoms with van der Waals surface area (Å²) in [6.45, 7) is 6.10. The highest BCUT2D eigenvalue weighted by Crippen LogP contribution is 2.20. The lowest BCUT2D eigenvalue weighted by molar-refractivity contribution is -0.137. The molecule has 5 nitrogen and oxygen atoms in total. The number of urea groups is 1. The predicted octanol–water partition coefficient (Wildman–Crippen LogP) is 2.32. The first kappa shape index (κ1) is 15.8. The summed E-state index contributed by atoms with van der Waals surface area (Å²) >= 11 is 0. The summed E-state index contributed by atoms with van der Waals surface area (Å²) < 4.78 is 0. The van der Waals surface area contributed by atoms with Gasteiger partial charge in [-0.3, -0.25) is 4.79 Å². The minimum absolute atomic E-state index is 0.0307. The summed E-state index contributed by atoms with van der Waals surface area (Å²) in [5.74, 6) is -0.108. The molecular formula is C14H26N2O3. The number of hydrogen-bond donors (Lipinski definition) is 2. The van der Waals surface area contributed by atoms with Crippen LogP contribution in [0.3, 0.4) is 0 Å². The van der Waals surface area contributed by atoms with Crippen molar-refractivity contribution in [2.45, 2.75) is 46.0 Å². The molecule has 2 N–H and O–H groups in total. The van der Waals surface area contributed by atoms with Gasteiger partial charge in [0.1, 0.15) is 0 Å². The van der Waals surface area contributed by atoms with Crippen molar-refractivity contribution in [2.24, 2.45) is 11.8 Å². The monoisotopic (exact) mass is 270 g/mol. The van der Waals surface area contributed by atoms with Crippen molar-refractivity contribution in [3.63, 3.8) is 0 Å². The highest BCUT2D eigenvalue weighted by Gasteiger charge is 2.20. The van der Waals surface area contributed by atoms with Crippen LogP contribution in [0.4, 0.5) is 4.79 Å². The fourth-order valence-corrected chi connectivity index (χ4v) is 2.52. The van der Waals surface area contributed by atoms with E-state index in [2.05, 4.69) is 12.2 Å². The molecule has 0 saturated carbocycles. The maximum Gasteiger partial charge on any atom is 0.317 e. The van der Waals surface area contributed by atoms with Crippen molar-refractivity contribution in [2.75, 3.05) is 19.6 Å². The van der Waals surface area contributed by atoms with E-state index in [1.807, 2.05) is 11.8 Å². The van der Waals surface area contributed by atoms with Gasteiger partial charge in [-0.05, 0) is 31.1 Å². The molecule has 5 heteroatoms. The summed E-state index contributed by atoms with van der Waals surface area (Å²) in [6.07, 6.45) is 4.63. The van der Waals surface area contributed by atoms with Gasteiger partial charge in [0.2, 0.25) is 0 Å². The minimum atomic E-state index is -0.817. The Labute approximate surface area is 115 Å². The van der Waals surface area contributed by atoms with Crippen molar-refractivity contribution in [3.8, 4) is 0 Å². The Kier molecular flexibility index (Phi) is 6.67. The van der Waals surface area contributed by atoms with Crippen LogP contribution in [0.2, 0.25) is 0 Å². The number of carbonyl (C=O) groups is 2. The van der Waals surface area contributed by atoms with Crippen LogP contribution < -0.4 is 5.32 Å². The van der Waals surface area contributed by atoms with Gasteiger partial charge in [-0.1, -0.05) is 20.3 Å². The average Bonchev–Trinajstić information content (AvgIpc) is 2.60. The molecule has 0 radical (unpaired) electrons. The van der Waals surface area contributed by atoms with Crippen LogP contribution in [0, 0.1) is 11.8 Å². The molecule has 1 fully saturated rings. The number of likely N-dealkylation sites (tertiary alicyclic amines) is 1. The van der Waals surface area contributed by atoms with Crippen LogP contribution in [0.5, 0.6) is 0 Å². The van der Waals surface area contributed by atoms with Crippen LogP contribution >= 0.6 is 0 Å². The van der Waals surface area contributed by atoms with Crippen LogP contribution in [0.25, 0.3) is 0 Å². The Balaban J connectivity index is 2.30. The van der Waals surface area contributed by atoms with Gasteiger partial charge in [0, 0.05) is 26.1 Å².